The van der Waals surface area contributed by atoms with Crippen LogP contribution in [0.4, 0.5) is 0 Å². The van der Waals surface area contributed by atoms with Crippen LogP contribution in [0.5, 0.6) is 11.5 Å². The molecule has 6 heteroatoms. The quantitative estimate of drug-likeness (QED) is 0.322. The zero-order chi connectivity index (χ0) is 24.5. The van der Waals surface area contributed by atoms with Gasteiger partial charge >= 0.3 is 0 Å². The maximum absolute atomic E-state index is 13.2. The van der Waals surface area contributed by atoms with Crippen LogP contribution in [-0.4, -0.2) is 41.5 Å². The molecule has 2 heterocycles. The number of rotatable bonds is 6. The lowest BCUT2D eigenvalue weighted by molar-refractivity contribution is -0.139. The van der Waals surface area contributed by atoms with Gasteiger partial charge in [0, 0.05) is 18.5 Å². The molecule has 0 bridgehead atoms. The third-order valence-electron chi connectivity index (χ3n) is 6.63. The summed E-state index contributed by atoms with van der Waals surface area (Å²) in [5, 5.41) is 11.3. The van der Waals surface area contributed by atoms with Crippen LogP contribution in [0.15, 0.2) is 78.4 Å². The Hall–Kier alpha value is -4.06. The summed E-state index contributed by atoms with van der Waals surface area (Å²) in [6.07, 6.45) is 1.36. The number of Topliss-reactive ketones (excluding diaryl/α,β-unsaturated/α-hetero) is 1. The van der Waals surface area contributed by atoms with Gasteiger partial charge in [-0.15, -0.1) is 0 Å². The molecule has 1 N–H and O–H groups in total. The van der Waals surface area contributed by atoms with Gasteiger partial charge in [0.15, 0.2) is 0 Å². The van der Waals surface area contributed by atoms with Gasteiger partial charge in [0.1, 0.15) is 23.4 Å². The SMILES string of the molecule is COc1ccc(CCN2C(=O)C(=O)/C(=C(\O)c3ccc4c(c3)CC(C)O4)C2c2ccccc2)cc1. The molecule has 2 atom stereocenters. The van der Waals surface area contributed by atoms with Crippen LogP contribution in [0.2, 0.25) is 0 Å². The molecule has 6 nitrogen and oxygen atoms in total. The monoisotopic (exact) mass is 469 g/mol. The van der Waals surface area contributed by atoms with E-state index in [4.69, 9.17) is 9.47 Å². The van der Waals surface area contributed by atoms with Crippen LogP contribution in [0, 0.1) is 0 Å². The number of aliphatic hydroxyl groups is 1. The van der Waals surface area contributed by atoms with E-state index < -0.39 is 17.7 Å². The molecular formula is C29H27NO5. The van der Waals surface area contributed by atoms with Gasteiger partial charge in [0.05, 0.1) is 18.7 Å². The first-order valence-electron chi connectivity index (χ1n) is 11.7. The molecule has 2 unspecified atom stereocenters. The zero-order valence-corrected chi connectivity index (χ0v) is 19.7. The number of carbonyl (C=O) groups is 2. The number of ketones is 1. The van der Waals surface area contributed by atoms with E-state index >= 15 is 0 Å². The Balaban J connectivity index is 1.52. The fourth-order valence-corrected chi connectivity index (χ4v) is 4.86. The number of amides is 1. The summed E-state index contributed by atoms with van der Waals surface area (Å²) < 4.78 is 11.0. The maximum atomic E-state index is 13.2. The third kappa shape index (κ3) is 4.28. The Morgan fingerprint density at radius 2 is 1.80 bits per heavy atom. The van der Waals surface area contributed by atoms with E-state index in [1.165, 1.54) is 0 Å². The summed E-state index contributed by atoms with van der Waals surface area (Å²) in [7, 11) is 1.61. The number of hydrogen-bond acceptors (Lipinski definition) is 5. The summed E-state index contributed by atoms with van der Waals surface area (Å²) in [5.41, 5.74) is 3.40. The molecule has 0 aliphatic carbocycles. The van der Waals surface area contributed by atoms with E-state index in [-0.39, 0.29) is 17.4 Å². The first-order valence-corrected chi connectivity index (χ1v) is 11.7. The lowest BCUT2D eigenvalue weighted by Crippen LogP contribution is -2.31. The van der Waals surface area contributed by atoms with E-state index in [1.54, 1.807) is 18.1 Å². The highest BCUT2D eigenvalue weighted by molar-refractivity contribution is 6.46. The molecule has 0 aromatic heterocycles. The van der Waals surface area contributed by atoms with Crippen molar-refractivity contribution in [3.05, 3.63) is 101 Å². The van der Waals surface area contributed by atoms with Crippen LogP contribution in [0.25, 0.3) is 5.76 Å². The Kier molecular flexibility index (Phi) is 6.03. The van der Waals surface area contributed by atoms with Crippen molar-refractivity contribution in [2.45, 2.75) is 31.9 Å². The van der Waals surface area contributed by atoms with Crippen LogP contribution in [0.1, 0.15) is 35.2 Å². The molecular weight excluding hydrogens is 442 g/mol. The minimum atomic E-state index is -0.670. The van der Waals surface area contributed by atoms with Crippen molar-refractivity contribution in [3.63, 3.8) is 0 Å². The van der Waals surface area contributed by atoms with Gasteiger partial charge in [0.25, 0.3) is 11.7 Å². The summed E-state index contributed by atoms with van der Waals surface area (Å²) in [6, 6.07) is 21.7. The highest BCUT2D eigenvalue weighted by Gasteiger charge is 2.45. The minimum absolute atomic E-state index is 0.0650. The van der Waals surface area contributed by atoms with Crippen LogP contribution < -0.4 is 9.47 Å². The highest BCUT2D eigenvalue weighted by atomic mass is 16.5. The summed E-state index contributed by atoms with van der Waals surface area (Å²) in [6.45, 7) is 2.33. The van der Waals surface area contributed by atoms with E-state index in [2.05, 4.69) is 0 Å². The van der Waals surface area contributed by atoms with Crippen LogP contribution >= 0.6 is 0 Å². The number of likely N-dealkylation sites (tertiary alicyclic amines) is 1. The fraction of sp³-hybridized carbons (Fsp3) is 0.241. The summed E-state index contributed by atoms with van der Waals surface area (Å²) in [5.74, 6) is 0.107. The number of aliphatic hydroxyl groups excluding tert-OH is 1. The Labute approximate surface area is 204 Å². The number of carbonyl (C=O) groups excluding carboxylic acids is 2. The number of ether oxygens (including phenoxy) is 2. The molecule has 0 spiro atoms. The predicted octanol–water partition coefficient (Wildman–Crippen LogP) is 4.68. The number of fused-ring (bicyclic) bond motifs is 1. The maximum Gasteiger partial charge on any atom is 0.295 e. The highest BCUT2D eigenvalue weighted by Crippen LogP contribution is 2.40. The van der Waals surface area contributed by atoms with Gasteiger partial charge in [-0.25, -0.2) is 0 Å². The molecule has 3 aromatic rings. The van der Waals surface area contributed by atoms with Crippen molar-refractivity contribution in [1.82, 2.24) is 4.90 Å². The molecule has 3 aromatic carbocycles. The van der Waals surface area contributed by atoms with Crippen LogP contribution in [-0.2, 0) is 22.4 Å². The molecule has 2 aliphatic rings. The smallest absolute Gasteiger partial charge is 0.295 e. The van der Waals surface area contributed by atoms with Crippen molar-refractivity contribution in [3.8, 4) is 11.5 Å². The van der Waals surface area contributed by atoms with Gasteiger partial charge in [-0.05, 0) is 60.4 Å². The Bertz CT molecular complexity index is 1300. The first-order chi connectivity index (χ1) is 17.0. The largest absolute Gasteiger partial charge is 0.507 e. The predicted molar refractivity (Wildman–Crippen MR) is 132 cm³/mol. The summed E-state index contributed by atoms with van der Waals surface area (Å²) >= 11 is 0. The molecule has 1 fully saturated rings. The van der Waals surface area contributed by atoms with Crippen molar-refractivity contribution in [2.75, 3.05) is 13.7 Å². The second-order valence-corrected chi connectivity index (χ2v) is 8.96. The van der Waals surface area contributed by atoms with Gasteiger partial charge in [0.2, 0.25) is 0 Å². The van der Waals surface area contributed by atoms with E-state index in [0.717, 1.165) is 34.6 Å². The standard InChI is InChI=1S/C29H27NO5/c1-18-16-22-17-21(10-13-24(22)35-18)27(31)25-26(20-6-4-3-5-7-20)30(29(33)28(25)32)15-14-19-8-11-23(34-2)12-9-19/h3-13,17-18,26,31H,14-16H2,1-2H3/b27-25-. The molecule has 2 aliphatic heterocycles. The molecule has 0 radical (unpaired) electrons. The normalized spacial score (nSPS) is 20.6. The molecule has 1 saturated heterocycles. The number of benzene rings is 3. The van der Waals surface area contributed by atoms with Gasteiger partial charge in [-0.3, -0.25) is 9.59 Å². The number of hydrogen-bond donors (Lipinski definition) is 1. The molecule has 5 rings (SSSR count). The van der Waals surface area contributed by atoms with Gasteiger partial charge < -0.3 is 19.5 Å². The lowest BCUT2D eigenvalue weighted by atomic mass is 9.94. The second kappa shape index (κ2) is 9.29. The van der Waals surface area contributed by atoms with Crippen molar-refractivity contribution < 1.29 is 24.2 Å². The zero-order valence-electron chi connectivity index (χ0n) is 19.7. The topological polar surface area (TPSA) is 76.1 Å². The second-order valence-electron chi connectivity index (χ2n) is 8.96. The van der Waals surface area contributed by atoms with Crippen molar-refractivity contribution in [2.24, 2.45) is 0 Å². The third-order valence-corrected chi connectivity index (χ3v) is 6.63. The first kappa shape index (κ1) is 22.7. The number of methoxy groups -OCH3 is 1. The molecule has 178 valence electrons. The number of nitrogens with zero attached hydrogens (tertiary/aromatic N) is 1. The molecule has 0 saturated carbocycles. The lowest BCUT2D eigenvalue weighted by Gasteiger charge is -2.25. The van der Waals surface area contributed by atoms with E-state index in [9.17, 15) is 14.7 Å². The van der Waals surface area contributed by atoms with E-state index in [1.807, 2.05) is 73.7 Å². The van der Waals surface area contributed by atoms with Gasteiger partial charge in [-0.2, -0.15) is 0 Å². The van der Waals surface area contributed by atoms with Gasteiger partial charge in [-0.1, -0.05) is 42.5 Å². The average Bonchev–Trinajstić information content (AvgIpc) is 3.38. The average molecular weight is 470 g/mol. The van der Waals surface area contributed by atoms with E-state index in [0.29, 0.717) is 18.5 Å². The molecule has 1 amide bonds. The Morgan fingerprint density at radius 1 is 1.06 bits per heavy atom. The Morgan fingerprint density at radius 3 is 2.51 bits per heavy atom. The fourth-order valence-electron chi connectivity index (χ4n) is 4.86. The van der Waals surface area contributed by atoms with Crippen LogP contribution in [0.3, 0.4) is 0 Å². The minimum Gasteiger partial charge on any atom is -0.507 e. The van der Waals surface area contributed by atoms with Crippen molar-refractivity contribution in [1.29, 1.82) is 0 Å². The molecule has 35 heavy (non-hydrogen) atoms. The summed E-state index contributed by atoms with van der Waals surface area (Å²) in [4.78, 5) is 28.0. The van der Waals surface area contributed by atoms with Crippen molar-refractivity contribution >= 4 is 17.4 Å².